The maximum absolute atomic E-state index is 12.5. The molecule has 3 aromatic rings. The molecule has 6 heteroatoms. The molecule has 152 valence electrons. The highest BCUT2D eigenvalue weighted by Crippen LogP contribution is 2.34. The number of para-hydroxylation sites is 1. The van der Waals surface area contributed by atoms with Crippen molar-refractivity contribution >= 4 is 23.4 Å². The third-order valence-electron chi connectivity index (χ3n) is 4.92. The summed E-state index contributed by atoms with van der Waals surface area (Å²) in [6.45, 7) is 1.41. The van der Waals surface area contributed by atoms with E-state index in [0.717, 1.165) is 16.9 Å². The van der Waals surface area contributed by atoms with E-state index in [1.54, 1.807) is 24.3 Å². The van der Waals surface area contributed by atoms with Crippen molar-refractivity contribution in [3.63, 3.8) is 0 Å². The van der Waals surface area contributed by atoms with Gasteiger partial charge in [0.05, 0.1) is 25.0 Å². The number of aromatic hydroxyl groups is 1. The van der Waals surface area contributed by atoms with Crippen LogP contribution in [0.15, 0.2) is 72.8 Å². The molecule has 0 saturated carbocycles. The fraction of sp³-hybridized carbons (Fsp3) is 0.125. The Bertz CT molecular complexity index is 1080. The molecule has 30 heavy (non-hydrogen) atoms. The van der Waals surface area contributed by atoms with Crippen LogP contribution in [0.4, 0.5) is 11.4 Å². The van der Waals surface area contributed by atoms with Crippen molar-refractivity contribution in [2.45, 2.75) is 13.1 Å². The number of nitrogens with one attached hydrogen (secondary N) is 2. The molecule has 0 aliphatic carbocycles. The van der Waals surface area contributed by atoms with Gasteiger partial charge in [0.2, 0.25) is 5.91 Å². The zero-order valence-electron chi connectivity index (χ0n) is 16.6. The van der Waals surface area contributed by atoms with Gasteiger partial charge in [-0.25, -0.2) is 5.43 Å². The summed E-state index contributed by atoms with van der Waals surface area (Å²) in [4.78, 5) is 12.5. The molecule has 0 saturated heterocycles. The minimum absolute atomic E-state index is 0.0311. The molecule has 3 N–H and O–H groups in total. The van der Waals surface area contributed by atoms with E-state index in [0.29, 0.717) is 24.4 Å². The number of rotatable bonds is 6. The van der Waals surface area contributed by atoms with E-state index in [2.05, 4.69) is 34.0 Å². The second-order valence-electron chi connectivity index (χ2n) is 6.97. The van der Waals surface area contributed by atoms with Crippen molar-refractivity contribution in [3.05, 3.63) is 89.5 Å². The monoisotopic (exact) mass is 401 g/mol. The molecule has 0 atom stereocenters. The Kier molecular flexibility index (Phi) is 5.68. The molecular weight excluding hydrogens is 378 g/mol. The van der Waals surface area contributed by atoms with Crippen molar-refractivity contribution in [2.24, 2.45) is 0 Å². The zero-order valence-corrected chi connectivity index (χ0v) is 16.6. The largest absolute Gasteiger partial charge is 0.504 e. The summed E-state index contributed by atoms with van der Waals surface area (Å²) >= 11 is 0. The first-order valence-electron chi connectivity index (χ1n) is 9.67. The first-order chi connectivity index (χ1) is 14.6. The number of methoxy groups -OCH3 is 1. The van der Waals surface area contributed by atoms with Gasteiger partial charge in [0, 0.05) is 12.6 Å². The van der Waals surface area contributed by atoms with Gasteiger partial charge in [-0.15, -0.1) is 0 Å². The van der Waals surface area contributed by atoms with E-state index in [1.165, 1.54) is 18.7 Å². The van der Waals surface area contributed by atoms with Crippen LogP contribution >= 0.6 is 0 Å². The van der Waals surface area contributed by atoms with Crippen LogP contribution in [-0.4, -0.2) is 18.1 Å². The molecular formula is C24H23N3O3. The highest BCUT2D eigenvalue weighted by Gasteiger charge is 2.22. The highest BCUT2D eigenvalue weighted by atomic mass is 16.5. The Hall–Kier alpha value is -3.77. The number of carbonyl (C=O) groups is 1. The van der Waals surface area contributed by atoms with Crippen molar-refractivity contribution in [2.75, 3.05) is 17.4 Å². The summed E-state index contributed by atoms with van der Waals surface area (Å²) in [5, 5.41) is 14.9. The van der Waals surface area contributed by atoms with E-state index in [-0.39, 0.29) is 11.7 Å². The topological polar surface area (TPSA) is 73.8 Å². The lowest BCUT2D eigenvalue weighted by molar-refractivity contribution is -0.111. The first-order valence-corrected chi connectivity index (χ1v) is 9.67. The minimum atomic E-state index is -0.245. The lowest BCUT2D eigenvalue weighted by Gasteiger charge is -2.22. The molecule has 0 spiro atoms. The molecule has 0 bridgehead atoms. The van der Waals surface area contributed by atoms with Crippen LogP contribution < -0.4 is 20.5 Å². The standard InChI is InChI=1S/C24H23N3O3/c1-30-22-12-10-17(14-21(22)28)11-13-23(29)26-20-9-5-8-19-15-25-27(24(19)20)16-18-6-3-2-4-7-18/h2-14,25,28H,15-16H2,1H3,(H,26,29)/b13-11+. The van der Waals surface area contributed by atoms with Gasteiger partial charge in [-0.3, -0.25) is 4.79 Å². The smallest absolute Gasteiger partial charge is 0.248 e. The second-order valence-corrected chi connectivity index (χ2v) is 6.97. The molecule has 0 radical (unpaired) electrons. The number of phenols is 1. The van der Waals surface area contributed by atoms with Crippen LogP contribution in [0.25, 0.3) is 6.08 Å². The average Bonchev–Trinajstić information content (AvgIpc) is 3.17. The Morgan fingerprint density at radius 3 is 2.77 bits per heavy atom. The molecule has 0 aromatic heterocycles. The number of hydrazine groups is 1. The molecule has 1 amide bonds. The van der Waals surface area contributed by atoms with Crippen molar-refractivity contribution < 1.29 is 14.6 Å². The van der Waals surface area contributed by atoms with Crippen LogP contribution in [0.1, 0.15) is 16.7 Å². The number of anilines is 2. The summed E-state index contributed by atoms with van der Waals surface area (Å²) in [5.41, 5.74) is 8.13. The van der Waals surface area contributed by atoms with Gasteiger partial charge in [-0.1, -0.05) is 48.5 Å². The molecule has 6 nitrogen and oxygen atoms in total. The van der Waals surface area contributed by atoms with Crippen molar-refractivity contribution in [3.8, 4) is 11.5 Å². The third kappa shape index (κ3) is 4.29. The molecule has 1 heterocycles. The summed E-state index contributed by atoms with van der Waals surface area (Å²) in [7, 11) is 1.49. The van der Waals surface area contributed by atoms with Gasteiger partial charge < -0.3 is 20.2 Å². The Labute approximate surface area is 175 Å². The van der Waals surface area contributed by atoms with E-state index in [1.807, 2.05) is 30.3 Å². The number of hydrogen-bond donors (Lipinski definition) is 3. The minimum Gasteiger partial charge on any atom is -0.504 e. The quantitative estimate of drug-likeness (QED) is 0.543. The Morgan fingerprint density at radius 1 is 1.17 bits per heavy atom. The summed E-state index contributed by atoms with van der Waals surface area (Å²) in [5.74, 6) is 0.177. The predicted molar refractivity (Wildman–Crippen MR) is 118 cm³/mol. The molecule has 1 aliphatic heterocycles. The van der Waals surface area contributed by atoms with Gasteiger partial charge in [0.1, 0.15) is 0 Å². The van der Waals surface area contributed by atoms with Crippen LogP contribution in [0.5, 0.6) is 11.5 Å². The number of ether oxygens (including phenoxy) is 1. The van der Waals surface area contributed by atoms with Crippen LogP contribution in [0.3, 0.4) is 0 Å². The second kappa shape index (κ2) is 8.71. The molecule has 3 aromatic carbocycles. The Balaban J connectivity index is 1.49. The lowest BCUT2D eigenvalue weighted by atomic mass is 10.1. The van der Waals surface area contributed by atoms with Crippen LogP contribution in [-0.2, 0) is 17.9 Å². The number of fused-ring (bicyclic) bond motifs is 1. The Morgan fingerprint density at radius 2 is 2.00 bits per heavy atom. The van der Waals surface area contributed by atoms with E-state index in [9.17, 15) is 9.90 Å². The predicted octanol–water partition coefficient (Wildman–Crippen LogP) is 4.08. The van der Waals surface area contributed by atoms with Gasteiger partial charge >= 0.3 is 0 Å². The van der Waals surface area contributed by atoms with Crippen molar-refractivity contribution in [1.29, 1.82) is 0 Å². The lowest BCUT2D eigenvalue weighted by Crippen LogP contribution is -2.31. The maximum atomic E-state index is 12.5. The molecule has 0 unspecified atom stereocenters. The maximum Gasteiger partial charge on any atom is 0.248 e. The molecule has 1 aliphatic rings. The summed E-state index contributed by atoms with van der Waals surface area (Å²) in [6, 6.07) is 21.0. The SMILES string of the molecule is COc1ccc(/C=C/C(=O)Nc2cccc3c2N(Cc2ccccc2)NC3)cc1O. The number of amides is 1. The number of benzene rings is 3. The van der Waals surface area contributed by atoms with Gasteiger partial charge in [0.25, 0.3) is 0 Å². The highest BCUT2D eigenvalue weighted by molar-refractivity contribution is 6.04. The fourth-order valence-corrected chi connectivity index (χ4v) is 3.47. The third-order valence-corrected chi connectivity index (χ3v) is 4.92. The van der Waals surface area contributed by atoms with E-state index >= 15 is 0 Å². The molecule has 0 fully saturated rings. The van der Waals surface area contributed by atoms with Gasteiger partial charge in [-0.05, 0) is 41.0 Å². The zero-order chi connectivity index (χ0) is 20.9. The van der Waals surface area contributed by atoms with Gasteiger partial charge in [0.15, 0.2) is 11.5 Å². The fourth-order valence-electron chi connectivity index (χ4n) is 3.47. The summed E-state index contributed by atoms with van der Waals surface area (Å²) < 4.78 is 5.04. The van der Waals surface area contributed by atoms with Gasteiger partial charge in [-0.2, -0.15) is 0 Å². The molecule has 4 rings (SSSR count). The summed E-state index contributed by atoms with van der Waals surface area (Å²) in [6.07, 6.45) is 3.10. The number of nitrogens with zero attached hydrogens (tertiary/aromatic N) is 1. The number of hydrogen-bond acceptors (Lipinski definition) is 5. The van der Waals surface area contributed by atoms with E-state index < -0.39 is 0 Å². The van der Waals surface area contributed by atoms with Crippen LogP contribution in [0.2, 0.25) is 0 Å². The first kappa shape index (κ1) is 19.5. The van der Waals surface area contributed by atoms with Crippen LogP contribution in [0, 0.1) is 0 Å². The average molecular weight is 401 g/mol. The van der Waals surface area contributed by atoms with Crippen molar-refractivity contribution in [1.82, 2.24) is 5.43 Å². The number of phenolic OH excluding ortho intramolecular Hbond substituents is 1. The normalized spacial score (nSPS) is 12.8. The number of carbonyl (C=O) groups excluding carboxylic acids is 1. The van der Waals surface area contributed by atoms with E-state index in [4.69, 9.17) is 4.74 Å².